The number of nitrogens with zero attached hydrogens (tertiary/aromatic N) is 2. The van der Waals surface area contributed by atoms with Gasteiger partial charge in [0.25, 0.3) is 0 Å². The Morgan fingerprint density at radius 1 is 0.938 bits per heavy atom. The van der Waals surface area contributed by atoms with Crippen LogP contribution in [0.4, 0.5) is 22.0 Å². The number of hydrogen-bond donors (Lipinski definition) is 3. The van der Waals surface area contributed by atoms with Crippen LogP contribution in [0.3, 0.4) is 0 Å². The van der Waals surface area contributed by atoms with Gasteiger partial charge in [-0.2, -0.15) is 5.10 Å². The van der Waals surface area contributed by atoms with E-state index in [0.29, 0.717) is 16.5 Å². The molecule has 1 heterocycles. The molecular formula is C24H26ClN5O2. The summed E-state index contributed by atoms with van der Waals surface area (Å²) in [6, 6.07) is 15.8. The molecule has 2 aromatic carbocycles. The summed E-state index contributed by atoms with van der Waals surface area (Å²) in [5.41, 5.74) is 2.78. The van der Waals surface area contributed by atoms with Crippen molar-refractivity contribution in [3.63, 3.8) is 0 Å². The van der Waals surface area contributed by atoms with Crippen molar-refractivity contribution >= 4 is 40.7 Å². The van der Waals surface area contributed by atoms with E-state index in [-0.39, 0.29) is 23.3 Å². The Bertz CT molecular complexity index is 1130. The van der Waals surface area contributed by atoms with Crippen molar-refractivity contribution in [2.24, 2.45) is 5.92 Å². The molecule has 1 aliphatic carbocycles. The third kappa shape index (κ3) is 5.29. The molecule has 1 aliphatic rings. The average Bonchev–Trinajstić information content (AvgIpc) is 3.50. The quantitative estimate of drug-likeness (QED) is 0.457. The lowest BCUT2D eigenvalue weighted by atomic mass is 9.92. The fourth-order valence-corrected chi connectivity index (χ4v) is 3.25. The molecular weight excluding hydrogens is 426 g/mol. The van der Waals surface area contributed by atoms with Crippen molar-refractivity contribution < 1.29 is 9.59 Å². The van der Waals surface area contributed by atoms with Gasteiger partial charge < -0.3 is 10.6 Å². The van der Waals surface area contributed by atoms with Crippen LogP contribution in [0.5, 0.6) is 0 Å². The normalized spacial score (nSPS) is 13.5. The zero-order valence-corrected chi connectivity index (χ0v) is 19.0. The van der Waals surface area contributed by atoms with E-state index in [0.717, 1.165) is 29.9 Å². The third-order valence-corrected chi connectivity index (χ3v) is 5.40. The molecule has 1 fully saturated rings. The number of rotatable bonds is 5. The summed E-state index contributed by atoms with van der Waals surface area (Å²) in [5, 5.41) is 13.9. The van der Waals surface area contributed by atoms with Gasteiger partial charge in [-0.3, -0.25) is 10.1 Å². The van der Waals surface area contributed by atoms with Gasteiger partial charge in [0.1, 0.15) is 5.82 Å². The average molecular weight is 452 g/mol. The lowest BCUT2D eigenvalue weighted by Crippen LogP contribution is -2.21. The Hall–Kier alpha value is -3.32. The smallest absolute Gasteiger partial charge is 0.324 e. The lowest BCUT2D eigenvalue weighted by molar-refractivity contribution is -0.117. The Kier molecular flexibility index (Phi) is 5.93. The van der Waals surface area contributed by atoms with Crippen LogP contribution in [0.2, 0.25) is 5.02 Å². The van der Waals surface area contributed by atoms with Gasteiger partial charge in [-0.15, -0.1) is 0 Å². The van der Waals surface area contributed by atoms with E-state index in [2.05, 4.69) is 36.7 Å². The van der Waals surface area contributed by atoms with Crippen molar-refractivity contribution in [2.45, 2.75) is 39.0 Å². The SMILES string of the molecule is CC(C)(C)c1cc(NC(=O)Nc2ccc(Cl)cc2)n(-c2ccc(NC(=O)C3CC3)cc2)n1. The second-order valence-corrected chi connectivity index (χ2v) is 9.41. The Morgan fingerprint density at radius 3 is 2.12 bits per heavy atom. The van der Waals surface area contributed by atoms with Crippen LogP contribution in [-0.4, -0.2) is 21.7 Å². The van der Waals surface area contributed by atoms with Crippen molar-refractivity contribution in [3.8, 4) is 5.69 Å². The molecule has 0 saturated heterocycles. The number of amides is 3. The van der Waals surface area contributed by atoms with Gasteiger partial charge in [0, 0.05) is 33.8 Å². The highest BCUT2D eigenvalue weighted by atomic mass is 35.5. The van der Waals surface area contributed by atoms with Crippen molar-refractivity contribution in [1.82, 2.24) is 9.78 Å². The number of urea groups is 1. The first kappa shape index (κ1) is 21.9. The van der Waals surface area contributed by atoms with Crippen LogP contribution in [0.25, 0.3) is 5.69 Å². The van der Waals surface area contributed by atoms with E-state index in [1.54, 1.807) is 28.9 Å². The van der Waals surface area contributed by atoms with Crippen LogP contribution in [-0.2, 0) is 10.2 Å². The Balaban J connectivity index is 1.55. The third-order valence-electron chi connectivity index (χ3n) is 5.15. The number of halogens is 1. The van der Waals surface area contributed by atoms with Crippen LogP contribution in [0.15, 0.2) is 54.6 Å². The Morgan fingerprint density at radius 2 is 1.53 bits per heavy atom. The molecule has 3 amide bonds. The van der Waals surface area contributed by atoms with Crippen LogP contribution < -0.4 is 16.0 Å². The van der Waals surface area contributed by atoms with Gasteiger partial charge in [-0.05, 0) is 61.4 Å². The molecule has 0 atom stereocenters. The highest BCUT2D eigenvalue weighted by molar-refractivity contribution is 6.30. The molecule has 1 aromatic heterocycles. The lowest BCUT2D eigenvalue weighted by Gasteiger charge is -2.14. The second kappa shape index (κ2) is 8.67. The van der Waals surface area contributed by atoms with Gasteiger partial charge in [0.05, 0.1) is 11.4 Å². The number of aromatic nitrogens is 2. The summed E-state index contributed by atoms with van der Waals surface area (Å²) >= 11 is 5.91. The zero-order valence-electron chi connectivity index (χ0n) is 18.3. The van der Waals surface area contributed by atoms with Gasteiger partial charge in [0.2, 0.25) is 5.91 Å². The molecule has 3 N–H and O–H groups in total. The fraction of sp³-hybridized carbons (Fsp3) is 0.292. The van der Waals surface area contributed by atoms with Gasteiger partial charge in [0.15, 0.2) is 0 Å². The van der Waals surface area contributed by atoms with Crippen LogP contribution >= 0.6 is 11.6 Å². The predicted octanol–water partition coefficient (Wildman–Crippen LogP) is 5.82. The highest BCUT2D eigenvalue weighted by Gasteiger charge is 2.29. The maximum absolute atomic E-state index is 12.6. The van der Waals surface area contributed by atoms with Crippen molar-refractivity contribution in [3.05, 3.63) is 65.3 Å². The van der Waals surface area contributed by atoms with E-state index in [9.17, 15) is 9.59 Å². The molecule has 3 aromatic rings. The van der Waals surface area contributed by atoms with E-state index >= 15 is 0 Å². The summed E-state index contributed by atoms with van der Waals surface area (Å²) in [6.07, 6.45) is 1.92. The molecule has 0 spiro atoms. The van der Waals surface area contributed by atoms with Crippen molar-refractivity contribution in [2.75, 3.05) is 16.0 Å². The minimum atomic E-state index is -0.387. The molecule has 0 radical (unpaired) electrons. The number of nitrogens with one attached hydrogen (secondary N) is 3. The molecule has 32 heavy (non-hydrogen) atoms. The first-order valence-electron chi connectivity index (χ1n) is 10.5. The first-order valence-corrected chi connectivity index (χ1v) is 10.9. The summed E-state index contributed by atoms with van der Waals surface area (Å²) in [5.74, 6) is 0.745. The largest absolute Gasteiger partial charge is 0.326 e. The summed E-state index contributed by atoms with van der Waals surface area (Å²) < 4.78 is 1.69. The van der Waals surface area contributed by atoms with E-state index in [4.69, 9.17) is 16.7 Å². The molecule has 0 unspecified atom stereocenters. The van der Waals surface area contributed by atoms with Gasteiger partial charge >= 0.3 is 6.03 Å². The number of carbonyl (C=O) groups excluding carboxylic acids is 2. The summed E-state index contributed by atoms with van der Waals surface area (Å²) in [6.45, 7) is 6.19. The second-order valence-electron chi connectivity index (χ2n) is 8.97. The number of hydrogen-bond acceptors (Lipinski definition) is 3. The Labute approximate surface area is 192 Å². The number of anilines is 3. The standard InChI is InChI=1S/C24H26ClN5O2/c1-24(2,3)20-14-21(28-23(32)27-18-8-6-16(25)7-9-18)30(29-20)19-12-10-17(11-13-19)26-22(31)15-4-5-15/h6-15H,4-5H2,1-3H3,(H,26,31)(H2,27,28,32). The van der Waals surface area contributed by atoms with Crippen LogP contribution in [0, 0.1) is 5.92 Å². The topological polar surface area (TPSA) is 88.0 Å². The maximum Gasteiger partial charge on any atom is 0.324 e. The van der Waals surface area contributed by atoms with E-state index in [1.165, 1.54) is 0 Å². The summed E-state index contributed by atoms with van der Waals surface area (Å²) in [4.78, 5) is 24.6. The maximum atomic E-state index is 12.6. The van der Waals surface area contributed by atoms with E-state index in [1.807, 2.05) is 30.3 Å². The van der Waals surface area contributed by atoms with Crippen molar-refractivity contribution in [1.29, 1.82) is 0 Å². The van der Waals surface area contributed by atoms with Gasteiger partial charge in [-0.25, -0.2) is 9.48 Å². The molecule has 0 bridgehead atoms. The molecule has 0 aliphatic heterocycles. The molecule has 4 rings (SSSR count). The predicted molar refractivity (Wildman–Crippen MR) is 128 cm³/mol. The molecule has 8 heteroatoms. The minimum absolute atomic E-state index is 0.0630. The zero-order chi connectivity index (χ0) is 22.9. The van der Waals surface area contributed by atoms with E-state index < -0.39 is 0 Å². The summed E-state index contributed by atoms with van der Waals surface area (Å²) in [7, 11) is 0. The number of benzene rings is 2. The monoisotopic (exact) mass is 451 g/mol. The fourth-order valence-electron chi connectivity index (χ4n) is 3.12. The van der Waals surface area contributed by atoms with Gasteiger partial charge in [-0.1, -0.05) is 32.4 Å². The van der Waals surface area contributed by atoms with Crippen LogP contribution in [0.1, 0.15) is 39.3 Å². The molecule has 1 saturated carbocycles. The minimum Gasteiger partial charge on any atom is -0.326 e. The highest BCUT2D eigenvalue weighted by Crippen LogP contribution is 2.31. The first-order chi connectivity index (χ1) is 15.2. The molecule has 7 nitrogen and oxygen atoms in total. The molecule has 166 valence electrons. The number of carbonyl (C=O) groups is 2.